The molecule has 76 valence electrons. The lowest BCUT2D eigenvalue weighted by molar-refractivity contribution is -0.00461. The van der Waals surface area contributed by atoms with Gasteiger partial charge in [-0.05, 0) is 25.2 Å². The van der Waals surface area contributed by atoms with E-state index < -0.39 is 6.16 Å². The molecule has 0 aromatic rings. The monoisotopic (exact) mass is 186 g/mol. The minimum atomic E-state index is -0.495. The summed E-state index contributed by atoms with van der Waals surface area (Å²) in [6.45, 7) is 4.77. The van der Waals surface area contributed by atoms with Gasteiger partial charge in [0.1, 0.15) is 6.10 Å². The van der Waals surface area contributed by atoms with Crippen molar-refractivity contribution in [1.82, 2.24) is 0 Å². The second-order valence-electron chi connectivity index (χ2n) is 3.76. The topological polar surface area (TPSA) is 35.5 Å². The van der Waals surface area contributed by atoms with E-state index in [0.717, 1.165) is 25.7 Å². The molecule has 0 aromatic heterocycles. The van der Waals surface area contributed by atoms with Crippen molar-refractivity contribution in [3.63, 3.8) is 0 Å². The van der Waals surface area contributed by atoms with E-state index in [1.807, 2.05) is 0 Å². The third-order valence-corrected chi connectivity index (χ3v) is 2.37. The fourth-order valence-corrected chi connectivity index (χ4v) is 1.63. The van der Waals surface area contributed by atoms with Crippen LogP contribution in [0.25, 0.3) is 0 Å². The predicted molar refractivity (Wildman–Crippen MR) is 49.5 cm³/mol. The molecule has 0 aromatic carbocycles. The van der Waals surface area contributed by atoms with Crippen LogP contribution >= 0.6 is 0 Å². The lowest BCUT2D eigenvalue weighted by atomic mass is 9.98. The highest BCUT2D eigenvalue weighted by Crippen LogP contribution is 2.19. The molecule has 2 atom stereocenters. The van der Waals surface area contributed by atoms with Crippen molar-refractivity contribution in [3.8, 4) is 0 Å². The molecule has 1 aliphatic rings. The maximum absolute atomic E-state index is 11.0. The molecule has 1 saturated heterocycles. The van der Waals surface area contributed by atoms with Crippen LogP contribution in [0, 0.1) is 5.92 Å². The summed E-state index contributed by atoms with van der Waals surface area (Å²) in [5, 5.41) is 0. The van der Waals surface area contributed by atoms with Gasteiger partial charge in [0.15, 0.2) is 0 Å². The van der Waals surface area contributed by atoms with Gasteiger partial charge in [-0.25, -0.2) is 4.79 Å². The number of carbonyl (C=O) groups is 1. The molecule has 1 aliphatic heterocycles. The van der Waals surface area contributed by atoms with Crippen LogP contribution in [-0.2, 0) is 9.47 Å². The Bertz CT molecular complexity index is 168. The van der Waals surface area contributed by atoms with Crippen molar-refractivity contribution in [3.05, 3.63) is 0 Å². The van der Waals surface area contributed by atoms with Gasteiger partial charge in [0.05, 0.1) is 6.61 Å². The van der Waals surface area contributed by atoms with E-state index in [1.54, 1.807) is 0 Å². The van der Waals surface area contributed by atoms with Crippen LogP contribution in [0.3, 0.4) is 0 Å². The molecule has 0 radical (unpaired) electrons. The summed E-state index contributed by atoms with van der Waals surface area (Å²) in [6.07, 6.45) is 3.49. The first-order valence-corrected chi connectivity index (χ1v) is 5.05. The molecule has 1 fully saturated rings. The highest BCUT2D eigenvalue weighted by atomic mass is 16.7. The Hall–Kier alpha value is -0.730. The van der Waals surface area contributed by atoms with Crippen molar-refractivity contribution in [2.75, 3.05) is 6.61 Å². The Kier molecular flexibility index (Phi) is 4.06. The van der Waals surface area contributed by atoms with E-state index >= 15 is 0 Å². The van der Waals surface area contributed by atoms with E-state index in [1.165, 1.54) is 0 Å². The number of ether oxygens (including phenoxy) is 2. The number of hydrogen-bond acceptors (Lipinski definition) is 3. The van der Waals surface area contributed by atoms with Crippen molar-refractivity contribution in [2.45, 2.75) is 45.6 Å². The molecule has 3 heteroatoms. The van der Waals surface area contributed by atoms with Gasteiger partial charge in [-0.1, -0.05) is 20.3 Å². The predicted octanol–water partition coefficient (Wildman–Crippen LogP) is 2.74. The normalized spacial score (nSPS) is 29.8. The highest BCUT2D eigenvalue weighted by molar-refractivity contribution is 5.60. The summed E-state index contributed by atoms with van der Waals surface area (Å²) in [4.78, 5) is 11.0. The van der Waals surface area contributed by atoms with Gasteiger partial charge >= 0.3 is 6.16 Å². The van der Waals surface area contributed by atoms with E-state index in [0.29, 0.717) is 12.5 Å². The standard InChI is InChI=1S/C10H18O3/c1-3-4-9-7-8(2)5-6-12-10(11)13-9/h8-9H,3-7H2,1-2H3. The summed E-state index contributed by atoms with van der Waals surface area (Å²) < 4.78 is 10.0. The Morgan fingerprint density at radius 3 is 3.00 bits per heavy atom. The Morgan fingerprint density at radius 2 is 2.31 bits per heavy atom. The van der Waals surface area contributed by atoms with Gasteiger partial charge in [-0.2, -0.15) is 0 Å². The third-order valence-electron chi connectivity index (χ3n) is 2.37. The van der Waals surface area contributed by atoms with Crippen LogP contribution in [0.2, 0.25) is 0 Å². The number of carbonyl (C=O) groups excluding carboxylic acids is 1. The van der Waals surface area contributed by atoms with Crippen molar-refractivity contribution < 1.29 is 14.3 Å². The molecule has 2 unspecified atom stereocenters. The van der Waals surface area contributed by atoms with Crippen LogP contribution < -0.4 is 0 Å². The molecule has 0 N–H and O–H groups in total. The van der Waals surface area contributed by atoms with Crippen molar-refractivity contribution >= 4 is 6.16 Å². The fraction of sp³-hybridized carbons (Fsp3) is 0.900. The first-order valence-electron chi connectivity index (χ1n) is 5.05. The van der Waals surface area contributed by atoms with Crippen molar-refractivity contribution in [1.29, 1.82) is 0 Å². The minimum absolute atomic E-state index is 0.0628. The molecule has 0 bridgehead atoms. The van der Waals surface area contributed by atoms with Gasteiger partial charge < -0.3 is 9.47 Å². The van der Waals surface area contributed by atoms with E-state index in [4.69, 9.17) is 9.47 Å². The van der Waals surface area contributed by atoms with Gasteiger partial charge in [0.2, 0.25) is 0 Å². The highest BCUT2D eigenvalue weighted by Gasteiger charge is 2.20. The molecule has 3 nitrogen and oxygen atoms in total. The molecular weight excluding hydrogens is 168 g/mol. The second kappa shape index (κ2) is 5.10. The van der Waals surface area contributed by atoms with Crippen LogP contribution in [0.15, 0.2) is 0 Å². The van der Waals surface area contributed by atoms with Crippen LogP contribution in [-0.4, -0.2) is 18.9 Å². The SMILES string of the molecule is CCCC1CC(C)CCOC(=O)O1. The van der Waals surface area contributed by atoms with Gasteiger partial charge in [-0.3, -0.25) is 0 Å². The molecule has 0 saturated carbocycles. The molecule has 0 amide bonds. The first kappa shape index (κ1) is 10.4. The summed E-state index contributed by atoms with van der Waals surface area (Å²) in [5.74, 6) is 0.588. The largest absolute Gasteiger partial charge is 0.508 e. The number of cyclic esters (lactones) is 2. The average molecular weight is 186 g/mol. The maximum Gasteiger partial charge on any atom is 0.508 e. The lowest BCUT2D eigenvalue weighted by Crippen LogP contribution is -2.25. The van der Waals surface area contributed by atoms with Gasteiger partial charge in [-0.15, -0.1) is 0 Å². The van der Waals surface area contributed by atoms with E-state index in [2.05, 4.69) is 13.8 Å². The first-order chi connectivity index (χ1) is 6.22. The third kappa shape index (κ3) is 3.66. The number of hydrogen-bond donors (Lipinski definition) is 0. The summed E-state index contributed by atoms with van der Waals surface area (Å²) in [5.41, 5.74) is 0. The zero-order chi connectivity index (χ0) is 9.68. The lowest BCUT2D eigenvalue weighted by Gasteiger charge is -2.23. The minimum Gasteiger partial charge on any atom is -0.434 e. The van der Waals surface area contributed by atoms with E-state index in [9.17, 15) is 4.79 Å². The van der Waals surface area contributed by atoms with E-state index in [-0.39, 0.29) is 6.10 Å². The zero-order valence-electron chi connectivity index (χ0n) is 8.41. The smallest absolute Gasteiger partial charge is 0.434 e. The molecule has 0 spiro atoms. The van der Waals surface area contributed by atoms with Gasteiger partial charge in [0.25, 0.3) is 0 Å². The fourth-order valence-electron chi connectivity index (χ4n) is 1.63. The van der Waals surface area contributed by atoms with Gasteiger partial charge in [0, 0.05) is 0 Å². The Labute approximate surface area is 79.4 Å². The number of rotatable bonds is 2. The quantitative estimate of drug-likeness (QED) is 0.622. The van der Waals surface area contributed by atoms with Crippen LogP contribution in [0.4, 0.5) is 4.79 Å². The molecule has 0 aliphatic carbocycles. The zero-order valence-corrected chi connectivity index (χ0v) is 8.41. The molecule has 1 heterocycles. The Balaban J connectivity index is 2.43. The van der Waals surface area contributed by atoms with Crippen molar-refractivity contribution in [2.24, 2.45) is 5.92 Å². The van der Waals surface area contributed by atoms with Crippen LogP contribution in [0.1, 0.15) is 39.5 Å². The summed E-state index contributed by atoms with van der Waals surface area (Å²) in [6, 6.07) is 0. The molecule has 13 heavy (non-hydrogen) atoms. The average Bonchev–Trinajstić information content (AvgIpc) is 2.01. The summed E-state index contributed by atoms with van der Waals surface area (Å²) in [7, 11) is 0. The molecule has 1 rings (SSSR count). The maximum atomic E-state index is 11.0. The van der Waals surface area contributed by atoms with Crippen LogP contribution in [0.5, 0.6) is 0 Å². The molecular formula is C10H18O3. The Morgan fingerprint density at radius 1 is 1.54 bits per heavy atom. The second-order valence-corrected chi connectivity index (χ2v) is 3.76. The summed E-state index contributed by atoms with van der Waals surface area (Å²) >= 11 is 0.